The van der Waals surface area contributed by atoms with Gasteiger partial charge in [-0.25, -0.2) is 4.79 Å². The molecule has 1 aliphatic heterocycles. The van der Waals surface area contributed by atoms with Crippen molar-refractivity contribution in [3.05, 3.63) is 35.4 Å². The molecule has 8 heteroatoms. The lowest BCUT2D eigenvalue weighted by Crippen LogP contribution is -2.31. The first kappa shape index (κ1) is 16.7. The molecule has 1 unspecified atom stereocenters. The lowest BCUT2D eigenvalue weighted by molar-refractivity contribution is -0.137. The van der Waals surface area contributed by atoms with Crippen molar-refractivity contribution in [2.24, 2.45) is 0 Å². The first-order valence-corrected chi connectivity index (χ1v) is 7.99. The summed E-state index contributed by atoms with van der Waals surface area (Å²) in [6, 6.07) is 3.39. The van der Waals surface area contributed by atoms with Crippen LogP contribution in [0.4, 0.5) is 18.0 Å². The lowest BCUT2D eigenvalue weighted by atomic mass is 10.1. The number of carbonyl (C=O) groups excluding carboxylic acids is 2. The average Bonchev–Trinajstić information content (AvgIpc) is 2.72. The Balaban J connectivity index is 2.04. The van der Waals surface area contributed by atoms with Gasteiger partial charge < -0.3 is 5.32 Å². The minimum absolute atomic E-state index is 0.0292. The van der Waals surface area contributed by atoms with E-state index in [1.807, 2.05) is 6.26 Å². The number of nitrogens with zero attached hydrogens (tertiary/aromatic N) is 1. The number of benzene rings is 1. The first-order chi connectivity index (χ1) is 10.3. The predicted molar refractivity (Wildman–Crippen MR) is 77.3 cm³/mol. The standard InChI is InChI=1S/C14H15F3N2O2S/c1-22-7-6-11-12(20)19(13(21)18-11)8-9-2-4-10(5-3-9)14(15,16)17/h2-5,11H,6-8H2,1H3,(H,18,21). The van der Waals surface area contributed by atoms with Gasteiger partial charge >= 0.3 is 12.2 Å². The Morgan fingerprint density at radius 1 is 1.23 bits per heavy atom. The van der Waals surface area contributed by atoms with E-state index in [0.717, 1.165) is 22.8 Å². The van der Waals surface area contributed by atoms with E-state index in [1.165, 1.54) is 12.1 Å². The summed E-state index contributed by atoms with van der Waals surface area (Å²) in [6.07, 6.45) is -1.96. The lowest BCUT2D eigenvalue weighted by Gasteiger charge is -2.14. The Morgan fingerprint density at radius 2 is 1.86 bits per heavy atom. The molecular formula is C14H15F3N2O2S. The number of halogens is 3. The number of amides is 3. The Kier molecular flexibility index (Phi) is 5.00. The molecule has 1 atom stereocenters. The summed E-state index contributed by atoms with van der Waals surface area (Å²) < 4.78 is 37.5. The number of carbonyl (C=O) groups is 2. The smallest absolute Gasteiger partial charge is 0.326 e. The van der Waals surface area contributed by atoms with E-state index < -0.39 is 23.8 Å². The minimum atomic E-state index is -4.40. The number of alkyl halides is 3. The summed E-state index contributed by atoms with van der Waals surface area (Å²) in [5.41, 5.74) is -0.284. The molecule has 1 saturated heterocycles. The van der Waals surface area contributed by atoms with Gasteiger partial charge in [-0.2, -0.15) is 24.9 Å². The van der Waals surface area contributed by atoms with Gasteiger partial charge in [0, 0.05) is 0 Å². The minimum Gasteiger partial charge on any atom is -0.326 e. The summed E-state index contributed by atoms with van der Waals surface area (Å²) in [6.45, 7) is -0.0292. The SMILES string of the molecule is CSCCC1NC(=O)N(Cc2ccc(C(F)(F)F)cc2)C1=O. The summed E-state index contributed by atoms with van der Waals surface area (Å²) >= 11 is 1.57. The van der Waals surface area contributed by atoms with Gasteiger partial charge in [-0.05, 0) is 36.1 Å². The zero-order valence-corrected chi connectivity index (χ0v) is 12.6. The average molecular weight is 332 g/mol. The maximum atomic E-state index is 12.5. The van der Waals surface area contributed by atoms with Crippen LogP contribution in [-0.2, 0) is 17.5 Å². The van der Waals surface area contributed by atoms with Crippen molar-refractivity contribution < 1.29 is 22.8 Å². The second kappa shape index (κ2) is 6.60. The molecule has 120 valence electrons. The molecule has 0 aromatic heterocycles. The predicted octanol–water partition coefficient (Wildman–Crippen LogP) is 2.88. The topological polar surface area (TPSA) is 49.4 Å². The molecule has 0 bridgehead atoms. The molecule has 1 fully saturated rings. The van der Waals surface area contributed by atoms with Gasteiger partial charge in [0.15, 0.2) is 0 Å². The molecule has 1 heterocycles. The van der Waals surface area contributed by atoms with Gasteiger partial charge in [-0.15, -0.1) is 0 Å². The number of rotatable bonds is 5. The van der Waals surface area contributed by atoms with Crippen molar-refractivity contribution in [2.75, 3.05) is 12.0 Å². The Labute approximate surface area is 130 Å². The molecule has 3 amide bonds. The van der Waals surface area contributed by atoms with Crippen molar-refractivity contribution in [1.29, 1.82) is 0 Å². The quantitative estimate of drug-likeness (QED) is 0.844. The van der Waals surface area contributed by atoms with Gasteiger partial charge in [0.2, 0.25) is 0 Å². The van der Waals surface area contributed by atoms with E-state index in [9.17, 15) is 22.8 Å². The Hall–Kier alpha value is -1.70. The molecule has 0 saturated carbocycles. The van der Waals surface area contributed by atoms with Crippen LogP contribution in [0.3, 0.4) is 0 Å². The van der Waals surface area contributed by atoms with Crippen LogP contribution in [0, 0.1) is 0 Å². The van der Waals surface area contributed by atoms with Gasteiger partial charge in [-0.3, -0.25) is 9.69 Å². The molecular weight excluding hydrogens is 317 g/mol. The van der Waals surface area contributed by atoms with Crippen molar-refractivity contribution >= 4 is 23.7 Å². The number of nitrogens with one attached hydrogen (secondary N) is 1. The highest BCUT2D eigenvalue weighted by Crippen LogP contribution is 2.29. The molecule has 0 radical (unpaired) electrons. The van der Waals surface area contributed by atoms with Gasteiger partial charge in [0.1, 0.15) is 6.04 Å². The van der Waals surface area contributed by atoms with Crippen LogP contribution in [0.25, 0.3) is 0 Å². The fourth-order valence-corrected chi connectivity index (χ4v) is 2.61. The zero-order valence-electron chi connectivity index (χ0n) is 11.8. The van der Waals surface area contributed by atoms with Crippen LogP contribution in [0.5, 0.6) is 0 Å². The maximum absolute atomic E-state index is 12.5. The maximum Gasteiger partial charge on any atom is 0.416 e. The van der Waals surface area contributed by atoms with Gasteiger partial charge in [-0.1, -0.05) is 12.1 Å². The Bertz CT molecular complexity index is 560. The fraction of sp³-hybridized carbons (Fsp3) is 0.429. The zero-order chi connectivity index (χ0) is 16.3. The van der Waals surface area contributed by atoms with E-state index in [2.05, 4.69) is 5.32 Å². The molecule has 2 rings (SSSR count). The third-order valence-electron chi connectivity index (χ3n) is 3.34. The highest BCUT2D eigenvalue weighted by Gasteiger charge is 2.37. The van der Waals surface area contributed by atoms with E-state index in [0.29, 0.717) is 12.0 Å². The van der Waals surface area contributed by atoms with Crippen LogP contribution >= 0.6 is 11.8 Å². The van der Waals surface area contributed by atoms with Crippen molar-refractivity contribution in [2.45, 2.75) is 25.2 Å². The molecule has 1 N–H and O–H groups in total. The third kappa shape index (κ3) is 3.73. The van der Waals surface area contributed by atoms with Crippen LogP contribution < -0.4 is 5.32 Å². The number of imide groups is 1. The summed E-state index contributed by atoms with van der Waals surface area (Å²) in [5, 5.41) is 2.59. The largest absolute Gasteiger partial charge is 0.416 e. The van der Waals surface area contributed by atoms with Crippen LogP contribution in [0.2, 0.25) is 0 Å². The molecule has 0 aliphatic carbocycles. The van der Waals surface area contributed by atoms with E-state index in [-0.39, 0.29) is 12.5 Å². The van der Waals surface area contributed by atoms with Gasteiger partial charge in [0.25, 0.3) is 5.91 Å². The number of urea groups is 1. The van der Waals surface area contributed by atoms with Crippen LogP contribution in [-0.4, -0.2) is 34.9 Å². The van der Waals surface area contributed by atoms with Crippen molar-refractivity contribution in [1.82, 2.24) is 10.2 Å². The monoisotopic (exact) mass is 332 g/mol. The second-order valence-electron chi connectivity index (χ2n) is 4.90. The second-order valence-corrected chi connectivity index (χ2v) is 5.89. The number of hydrogen-bond acceptors (Lipinski definition) is 3. The molecule has 0 spiro atoms. The Morgan fingerprint density at radius 3 is 2.41 bits per heavy atom. The van der Waals surface area contributed by atoms with Crippen LogP contribution in [0.1, 0.15) is 17.5 Å². The van der Waals surface area contributed by atoms with Crippen LogP contribution in [0.15, 0.2) is 24.3 Å². The van der Waals surface area contributed by atoms with E-state index in [1.54, 1.807) is 11.8 Å². The van der Waals surface area contributed by atoms with E-state index in [4.69, 9.17) is 0 Å². The normalized spacial score (nSPS) is 18.7. The summed E-state index contributed by atoms with van der Waals surface area (Å²) in [4.78, 5) is 24.9. The first-order valence-electron chi connectivity index (χ1n) is 6.60. The molecule has 1 aliphatic rings. The third-order valence-corrected chi connectivity index (χ3v) is 3.98. The van der Waals surface area contributed by atoms with Gasteiger partial charge in [0.05, 0.1) is 12.1 Å². The summed E-state index contributed by atoms with van der Waals surface area (Å²) in [5.74, 6) is 0.407. The highest BCUT2D eigenvalue weighted by atomic mass is 32.2. The molecule has 4 nitrogen and oxygen atoms in total. The highest BCUT2D eigenvalue weighted by molar-refractivity contribution is 7.98. The van der Waals surface area contributed by atoms with Crippen molar-refractivity contribution in [3.8, 4) is 0 Å². The number of thioether (sulfide) groups is 1. The summed E-state index contributed by atoms with van der Waals surface area (Å²) in [7, 11) is 0. The molecule has 22 heavy (non-hydrogen) atoms. The fourth-order valence-electron chi connectivity index (χ4n) is 2.14. The molecule has 1 aromatic carbocycles. The molecule has 1 aromatic rings. The van der Waals surface area contributed by atoms with Crippen molar-refractivity contribution in [3.63, 3.8) is 0 Å². The number of hydrogen-bond donors (Lipinski definition) is 1. The van der Waals surface area contributed by atoms with E-state index >= 15 is 0 Å².